The summed E-state index contributed by atoms with van der Waals surface area (Å²) in [5.41, 5.74) is 3.59. The molecule has 4 heterocycles. The zero-order valence-electron chi connectivity index (χ0n) is 29.7. The zero-order valence-corrected chi connectivity index (χ0v) is 32.0. The Morgan fingerprint density at radius 3 is 2.41 bits per heavy atom. The number of pyridine rings is 1. The minimum absolute atomic E-state index is 0.0434. The van der Waals surface area contributed by atoms with E-state index in [0.29, 0.717) is 92.7 Å². The van der Waals surface area contributed by atoms with Gasteiger partial charge in [-0.25, -0.2) is 14.3 Å². The van der Waals surface area contributed by atoms with Gasteiger partial charge in [0.05, 0.1) is 45.6 Å². The number of carbonyl (C=O) groups excluding carboxylic acids is 2. The molecule has 2 aromatic carbocycles. The summed E-state index contributed by atoms with van der Waals surface area (Å²) in [6, 6.07) is 14.5. The highest BCUT2D eigenvalue weighted by Crippen LogP contribution is 2.43. The predicted octanol–water partition coefficient (Wildman–Crippen LogP) is 5.91. The molecule has 1 unspecified atom stereocenters. The van der Waals surface area contributed by atoms with Gasteiger partial charge >= 0.3 is 6.09 Å². The van der Waals surface area contributed by atoms with E-state index in [1.54, 1.807) is 36.0 Å². The molecular weight excluding hydrogens is 757 g/mol. The Morgan fingerprint density at radius 1 is 1.06 bits per heavy atom. The number of amides is 2. The van der Waals surface area contributed by atoms with Crippen LogP contribution in [0.15, 0.2) is 59.5 Å². The smallest absolute Gasteiger partial charge is 0.407 e. The third-order valence-electron chi connectivity index (χ3n) is 9.88. The van der Waals surface area contributed by atoms with Gasteiger partial charge in [0.1, 0.15) is 17.9 Å². The minimum Gasteiger partial charge on any atom is -0.481 e. The maximum absolute atomic E-state index is 13.4. The van der Waals surface area contributed by atoms with Crippen LogP contribution < -0.4 is 26.2 Å². The van der Waals surface area contributed by atoms with Crippen LogP contribution in [-0.4, -0.2) is 67.6 Å². The summed E-state index contributed by atoms with van der Waals surface area (Å²) in [4.78, 5) is 41.8. The molecule has 2 amide bonds. The summed E-state index contributed by atoms with van der Waals surface area (Å²) in [7, 11) is 3.13. The molecular formula is C38H38Cl3N7O6. The van der Waals surface area contributed by atoms with Gasteiger partial charge in [0.15, 0.2) is 0 Å². The van der Waals surface area contributed by atoms with Crippen molar-refractivity contribution in [3.63, 3.8) is 0 Å². The second kappa shape index (κ2) is 15.2. The van der Waals surface area contributed by atoms with Crippen molar-refractivity contribution in [2.24, 2.45) is 7.05 Å². The van der Waals surface area contributed by atoms with Crippen LogP contribution >= 0.6 is 34.8 Å². The van der Waals surface area contributed by atoms with Gasteiger partial charge in [-0.05, 0) is 38.3 Å². The summed E-state index contributed by atoms with van der Waals surface area (Å²) < 4.78 is 14.0. The van der Waals surface area contributed by atoms with E-state index in [4.69, 9.17) is 49.4 Å². The average molecular weight is 795 g/mol. The summed E-state index contributed by atoms with van der Waals surface area (Å²) in [5.74, 6) is 0.677. The summed E-state index contributed by atoms with van der Waals surface area (Å²) >= 11 is 20.9. The predicted molar refractivity (Wildman–Crippen MR) is 206 cm³/mol. The third-order valence-corrected chi connectivity index (χ3v) is 11.0. The lowest BCUT2D eigenvalue weighted by atomic mass is 9.77. The average Bonchev–Trinajstić information content (AvgIpc) is 3.76. The van der Waals surface area contributed by atoms with E-state index in [9.17, 15) is 19.5 Å². The lowest BCUT2D eigenvalue weighted by Gasteiger charge is -2.41. The van der Waals surface area contributed by atoms with E-state index in [1.807, 2.05) is 37.3 Å². The molecule has 5 aromatic rings. The highest BCUT2D eigenvalue weighted by Gasteiger charge is 2.38. The van der Waals surface area contributed by atoms with E-state index in [1.165, 1.54) is 11.7 Å². The summed E-state index contributed by atoms with van der Waals surface area (Å²) in [6.45, 7) is 2.24. The first-order valence-corrected chi connectivity index (χ1v) is 18.5. The number of alkyl carbamates (subject to hydrolysis) is 1. The second-order valence-electron chi connectivity index (χ2n) is 13.9. The Labute approximate surface area is 325 Å². The summed E-state index contributed by atoms with van der Waals surface area (Å²) in [6.07, 6.45) is 3.47. The number of nitrogens with one attached hydrogen (secondary N) is 3. The molecule has 1 atom stereocenters. The van der Waals surface area contributed by atoms with Gasteiger partial charge in [0.25, 0.3) is 5.56 Å². The SMILES string of the molecule is COc1nc(-c2cccc(-c3cccc(-c4cc5c(=O)n(C)c(CNC6CC(C)(O)C6)nn5c4)c3Cl)c2Cl)cc(Cl)c1COC(=O)NCC1CCC(=O)N1. The third kappa shape index (κ3) is 7.64. The van der Waals surface area contributed by atoms with Crippen LogP contribution in [0.2, 0.25) is 15.1 Å². The highest BCUT2D eigenvalue weighted by atomic mass is 35.5. The van der Waals surface area contributed by atoms with Crippen molar-refractivity contribution >= 4 is 52.3 Å². The monoisotopic (exact) mass is 793 g/mol. The Bertz CT molecular complexity index is 2330. The lowest BCUT2D eigenvalue weighted by molar-refractivity contribution is -0.119. The number of benzene rings is 2. The van der Waals surface area contributed by atoms with E-state index in [2.05, 4.69) is 20.9 Å². The van der Waals surface area contributed by atoms with Crippen LogP contribution in [-0.2, 0) is 29.7 Å². The summed E-state index contributed by atoms with van der Waals surface area (Å²) in [5, 5.41) is 24.6. The highest BCUT2D eigenvalue weighted by molar-refractivity contribution is 6.39. The van der Waals surface area contributed by atoms with Crippen molar-refractivity contribution in [2.45, 2.75) is 63.4 Å². The molecule has 0 bridgehead atoms. The van der Waals surface area contributed by atoms with Crippen LogP contribution in [0.5, 0.6) is 5.88 Å². The Kier molecular flexibility index (Phi) is 10.6. The number of nitrogens with zero attached hydrogens (tertiary/aromatic N) is 4. The van der Waals surface area contributed by atoms with Gasteiger partial charge in [-0.2, -0.15) is 5.10 Å². The molecule has 54 heavy (non-hydrogen) atoms. The quantitative estimate of drug-likeness (QED) is 0.128. The van der Waals surface area contributed by atoms with Crippen LogP contribution in [0.3, 0.4) is 0 Å². The molecule has 1 saturated heterocycles. The fourth-order valence-corrected chi connectivity index (χ4v) is 7.84. The van der Waals surface area contributed by atoms with Crippen molar-refractivity contribution in [3.05, 3.63) is 91.5 Å². The van der Waals surface area contributed by atoms with Gasteiger partial charge in [-0.3, -0.25) is 14.2 Å². The van der Waals surface area contributed by atoms with E-state index in [-0.39, 0.29) is 47.6 Å². The lowest BCUT2D eigenvalue weighted by Crippen LogP contribution is -2.51. The number of aromatic nitrogens is 4. The number of aliphatic hydroxyl groups is 1. The normalized spacial score (nSPS) is 19.4. The number of hydrogen-bond acceptors (Lipinski definition) is 9. The molecule has 4 N–H and O–H groups in total. The molecule has 0 radical (unpaired) electrons. The molecule has 2 fully saturated rings. The Balaban J connectivity index is 1.12. The van der Waals surface area contributed by atoms with Crippen molar-refractivity contribution in [3.8, 4) is 39.4 Å². The number of fused-ring (bicyclic) bond motifs is 1. The Morgan fingerprint density at radius 2 is 1.74 bits per heavy atom. The van der Waals surface area contributed by atoms with Crippen molar-refractivity contribution in [1.29, 1.82) is 0 Å². The fourth-order valence-electron chi connectivity index (χ4n) is 6.94. The fraction of sp³-hybridized carbons (Fsp3) is 0.342. The number of rotatable bonds is 11. The molecule has 3 aromatic heterocycles. The maximum atomic E-state index is 13.4. The van der Waals surface area contributed by atoms with Gasteiger partial charge in [0, 0.05) is 66.1 Å². The first-order valence-electron chi connectivity index (χ1n) is 17.4. The number of methoxy groups -OCH3 is 1. The van der Waals surface area contributed by atoms with E-state index >= 15 is 0 Å². The van der Waals surface area contributed by atoms with Gasteiger partial charge in [0.2, 0.25) is 11.8 Å². The van der Waals surface area contributed by atoms with Crippen LogP contribution in [0.4, 0.5) is 4.79 Å². The first-order chi connectivity index (χ1) is 25.8. The van der Waals surface area contributed by atoms with Crippen LogP contribution in [0.25, 0.3) is 39.0 Å². The molecule has 0 spiro atoms. The van der Waals surface area contributed by atoms with E-state index in [0.717, 1.165) is 0 Å². The molecule has 1 saturated carbocycles. The number of carbonyl (C=O) groups is 2. The standard InChI is InChI=1S/C38H38Cl3N7O6/c1-38(52)14-22(15-38)42-17-31-46-48-18-20(12-30(48)36(50)47(31)2)23-6-4-7-24(33(23)40)25-8-5-9-26(34(25)41)29-13-28(39)27(35(45-29)53-3)19-54-37(51)43-16-21-10-11-32(49)44-21/h4-9,12-13,18,21-22,42,52H,10-11,14-17,19H2,1-3H3,(H,43,51)(H,44,49). The van der Waals surface area contributed by atoms with Crippen LogP contribution in [0.1, 0.15) is 44.0 Å². The molecule has 16 heteroatoms. The first kappa shape index (κ1) is 37.6. The van der Waals surface area contributed by atoms with Crippen molar-refractivity contribution in [1.82, 2.24) is 35.1 Å². The topological polar surface area (TPSA) is 161 Å². The maximum Gasteiger partial charge on any atom is 0.407 e. The largest absolute Gasteiger partial charge is 0.481 e. The molecule has 13 nitrogen and oxygen atoms in total. The number of halogens is 3. The minimum atomic E-state index is -0.668. The molecule has 7 rings (SSSR count). The molecule has 1 aliphatic carbocycles. The molecule has 282 valence electrons. The van der Waals surface area contributed by atoms with Crippen molar-refractivity contribution < 1.29 is 24.2 Å². The Hall–Kier alpha value is -4.66. The number of ether oxygens (including phenoxy) is 2. The van der Waals surface area contributed by atoms with Gasteiger partial charge in [-0.1, -0.05) is 71.2 Å². The van der Waals surface area contributed by atoms with E-state index < -0.39 is 11.7 Å². The molecule has 1 aliphatic heterocycles. The molecule has 2 aliphatic rings. The van der Waals surface area contributed by atoms with Crippen molar-refractivity contribution in [2.75, 3.05) is 13.7 Å². The number of hydrogen-bond donors (Lipinski definition) is 4. The van der Waals surface area contributed by atoms with Gasteiger partial charge < -0.3 is 30.5 Å². The zero-order chi connectivity index (χ0) is 38.3. The van der Waals surface area contributed by atoms with Crippen LogP contribution in [0, 0.1) is 0 Å². The van der Waals surface area contributed by atoms with Gasteiger partial charge in [-0.15, -0.1) is 0 Å². The second-order valence-corrected chi connectivity index (χ2v) is 15.1.